The lowest BCUT2D eigenvalue weighted by Crippen LogP contribution is -2.17. The molecule has 14 nitrogen and oxygen atoms in total. The molecule has 0 spiro atoms. The summed E-state index contributed by atoms with van der Waals surface area (Å²) in [6, 6.07) is 16.6. The Morgan fingerprint density at radius 3 is 1.49 bits per heavy atom. The van der Waals surface area contributed by atoms with Gasteiger partial charge in [0.25, 0.3) is 0 Å². The smallest absolute Gasteiger partial charge is 0.342 e. The molecule has 3 aromatic carbocycles. The second kappa shape index (κ2) is 53.0. The van der Waals surface area contributed by atoms with Crippen molar-refractivity contribution in [2.75, 3.05) is 67.6 Å². The summed E-state index contributed by atoms with van der Waals surface area (Å²) in [6.07, 6.45) is 29.1. The maximum absolute atomic E-state index is 13.5. The van der Waals surface area contributed by atoms with Gasteiger partial charge in [0.1, 0.15) is 17.1 Å². The lowest BCUT2D eigenvalue weighted by atomic mass is 10.0. The van der Waals surface area contributed by atoms with Gasteiger partial charge in [-0.3, -0.25) is 4.79 Å². The number of hydrogen-bond acceptors (Lipinski definition) is 14. The lowest BCUT2D eigenvalue weighted by Gasteiger charge is -2.14. The minimum Gasteiger partial charge on any atom is -0.494 e. The third-order valence-electron chi connectivity index (χ3n) is 12.9. The molecule has 0 saturated carbocycles. The van der Waals surface area contributed by atoms with Crippen molar-refractivity contribution in [3.63, 3.8) is 0 Å². The van der Waals surface area contributed by atoms with E-state index < -0.39 is 11.9 Å². The molecule has 15 heteroatoms. The van der Waals surface area contributed by atoms with E-state index in [0.29, 0.717) is 92.7 Å². The van der Waals surface area contributed by atoms with Crippen LogP contribution in [0.1, 0.15) is 218 Å². The van der Waals surface area contributed by atoms with Crippen LogP contribution >= 0.6 is 9.90 Å². The topological polar surface area (TPSA) is 161 Å². The van der Waals surface area contributed by atoms with Crippen LogP contribution in [0.25, 0.3) is 6.08 Å². The van der Waals surface area contributed by atoms with Crippen LogP contribution in [0, 0.1) is 5.92 Å². The van der Waals surface area contributed by atoms with Crippen molar-refractivity contribution in [1.82, 2.24) is 0 Å². The van der Waals surface area contributed by atoms with E-state index in [1.54, 1.807) is 38.5 Å². The standard InChI is InChI=1S/C63H92O14.C3H8.C2H6.H3P/c1-7-10-40-73-56-36-32-50(47-58(56)68-4)30-28-31-61(65)75-44-25-21-20-23-42-72-55-38-35-53(71-41-22-18-19-24-43-74-57-37-33-51(48-59(57)69-5)34-39-60(64)70-6)49-54(55)63(67)77-46-27-17-15-13-11-12-14-16-26-45-76-62(66)52(9-3)29-8-2;1-3-2;1-2;/h28,31-39,47-49,52H,7-27,29-30,40-46H2,1-6H3;3H2,1-2H3;1-2H3;1H3/b31-28+,39-34+;;;. The molecular weight excluding hydrogens is 1070 g/mol. The number of carbonyl (C=O) groups is 4. The van der Waals surface area contributed by atoms with Crippen LogP contribution in [0.15, 0.2) is 72.8 Å². The van der Waals surface area contributed by atoms with Crippen molar-refractivity contribution in [2.24, 2.45) is 5.92 Å². The fourth-order valence-electron chi connectivity index (χ4n) is 8.30. The summed E-state index contributed by atoms with van der Waals surface area (Å²) in [4.78, 5) is 49.5. The van der Waals surface area contributed by atoms with Gasteiger partial charge in [-0.1, -0.05) is 131 Å². The Bertz CT molecular complexity index is 2190. The summed E-state index contributed by atoms with van der Waals surface area (Å²) in [5, 5.41) is 0. The number of ether oxygens (including phenoxy) is 10. The van der Waals surface area contributed by atoms with Crippen LogP contribution in [0.3, 0.4) is 0 Å². The Balaban J connectivity index is 0.0000108. The number of methoxy groups -OCH3 is 3. The summed E-state index contributed by atoms with van der Waals surface area (Å²) < 4.78 is 56.4. The molecule has 2 atom stereocenters. The summed E-state index contributed by atoms with van der Waals surface area (Å²) in [5.74, 6) is 2.41. The maximum atomic E-state index is 13.5. The predicted molar refractivity (Wildman–Crippen MR) is 341 cm³/mol. The molecular formula is C68H109O14P. The molecule has 83 heavy (non-hydrogen) atoms. The minimum atomic E-state index is -0.434. The van der Waals surface area contributed by atoms with Gasteiger partial charge < -0.3 is 47.4 Å². The van der Waals surface area contributed by atoms with Gasteiger partial charge in [0.2, 0.25) is 0 Å². The van der Waals surface area contributed by atoms with E-state index in [0.717, 1.165) is 152 Å². The molecule has 0 amide bonds. The number of allylic oxidation sites excluding steroid dienone is 1. The van der Waals surface area contributed by atoms with Gasteiger partial charge >= 0.3 is 23.9 Å². The fourth-order valence-corrected chi connectivity index (χ4v) is 8.30. The zero-order valence-electron chi connectivity index (χ0n) is 52.9. The molecule has 3 aromatic rings. The quantitative estimate of drug-likeness (QED) is 0.0173. The number of esters is 4. The molecule has 0 bridgehead atoms. The van der Waals surface area contributed by atoms with Crippen LogP contribution in [-0.2, 0) is 39.8 Å². The number of rotatable bonds is 45. The van der Waals surface area contributed by atoms with Gasteiger partial charge in [-0.2, -0.15) is 9.90 Å². The van der Waals surface area contributed by atoms with E-state index in [-0.39, 0.29) is 27.8 Å². The largest absolute Gasteiger partial charge is 0.494 e. The Kier molecular flexibility index (Phi) is 49.3. The first kappa shape index (κ1) is 77.2. The van der Waals surface area contributed by atoms with Crippen molar-refractivity contribution in [3.05, 3.63) is 89.5 Å². The first-order valence-electron chi connectivity index (χ1n) is 31.0. The van der Waals surface area contributed by atoms with Gasteiger partial charge in [0, 0.05) is 12.2 Å². The van der Waals surface area contributed by atoms with Crippen LogP contribution in [-0.4, -0.2) is 91.5 Å². The van der Waals surface area contributed by atoms with Gasteiger partial charge in [0.15, 0.2) is 23.0 Å². The highest BCUT2D eigenvalue weighted by atomic mass is 31.0. The van der Waals surface area contributed by atoms with Crippen molar-refractivity contribution in [1.29, 1.82) is 0 Å². The number of benzene rings is 3. The predicted octanol–water partition coefficient (Wildman–Crippen LogP) is 16.9. The monoisotopic (exact) mass is 1180 g/mol. The third kappa shape index (κ3) is 37.2. The van der Waals surface area contributed by atoms with Crippen molar-refractivity contribution < 1.29 is 66.5 Å². The number of unbranched alkanes of at least 4 members (excludes halogenated alkanes) is 15. The van der Waals surface area contributed by atoms with Gasteiger partial charge in [-0.05, 0) is 150 Å². The van der Waals surface area contributed by atoms with E-state index in [1.165, 1.54) is 25.7 Å². The van der Waals surface area contributed by atoms with E-state index in [4.69, 9.17) is 42.6 Å². The van der Waals surface area contributed by atoms with Gasteiger partial charge in [-0.15, -0.1) is 0 Å². The maximum Gasteiger partial charge on any atom is 0.342 e. The molecule has 0 aliphatic carbocycles. The van der Waals surface area contributed by atoms with Crippen LogP contribution in [0.5, 0.6) is 34.5 Å². The van der Waals surface area contributed by atoms with Crippen molar-refractivity contribution in [2.45, 2.75) is 203 Å². The summed E-state index contributed by atoms with van der Waals surface area (Å²) in [5.41, 5.74) is 2.14. The first-order chi connectivity index (χ1) is 40.1. The Morgan fingerprint density at radius 2 is 0.952 bits per heavy atom. The first-order valence-corrected chi connectivity index (χ1v) is 31.0. The molecule has 0 N–H and O–H groups in total. The zero-order chi connectivity index (χ0) is 60.3. The number of hydrogen-bond donors (Lipinski definition) is 0. The molecule has 0 fully saturated rings. The highest BCUT2D eigenvalue weighted by Crippen LogP contribution is 2.31. The molecule has 2 unspecified atom stereocenters. The van der Waals surface area contributed by atoms with E-state index in [9.17, 15) is 19.2 Å². The molecule has 470 valence electrons. The molecule has 0 heterocycles. The minimum absolute atomic E-state index is 0. The van der Waals surface area contributed by atoms with Crippen molar-refractivity contribution in [3.8, 4) is 34.5 Å². The van der Waals surface area contributed by atoms with E-state index in [1.807, 2.05) is 63.2 Å². The highest BCUT2D eigenvalue weighted by molar-refractivity contribution is 6.92. The molecule has 0 aromatic heterocycles. The lowest BCUT2D eigenvalue weighted by molar-refractivity contribution is -0.149. The molecule has 0 saturated heterocycles. The normalized spacial score (nSPS) is 11.0. The van der Waals surface area contributed by atoms with Crippen molar-refractivity contribution >= 4 is 39.9 Å². The van der Waals surface area contributed by atoms with Crippen LogP contribution in [0.2, 0.25) is 0 Å². The third-order valence-corrected chi connectivity index (χ3v) is 12.9. The molecule has 0 aliphatic heterocycles. The zero-order valence-corrected chi connectivity index (χ0v) is 54.3. The van der Waals surface area contributed by atoms with Crippen LogP contribution < -0.4 is 28.4 Å². The summed E-state index contributed by atoms with van der Waals surface area (Å²) >= 11 is 0. The summed E-state index contributed by atoms with van der Waals surface area (Å²) in [7, 11) is 4.54. The fraction of sp³-hybridized carbons (Fsp3) is 0.618. The molecule has 0 aliphatic rings. The average Bonchev–Trinajstić information content (AvgIpc) is 3.58. The average molecular weight is 1180 g/mol. The Hall–Kier alpha value is -5.75. The van der Waals surface area contributed by atoms with Gasteiger partial charge in [0.05, 0.1) is 73.5 Å². The number of carbonyl (C=O) groups excluding carboxylic acids is 4. The van der Waals surface area contributed by atoms with Crippen LogP contribution in [0.4, 0.5) is 0 Å². The highest BCUT2D eigenvalue weighted by Gasteiger charge is 2.18. The summed E-state index contributed by atoms with van der Waals surface area (Å²) in [6.45, 7) is 17.8. The van der Waals surface area contributed by atoms with E-state index >= 15 is 0 Å². The second-order valence-electron chi connectivity index (χ2n) is 19.8. The second-order valence-corrected chi connectivity index (χ2v) is 19.8. The molecule has 0 radical (unpaired) electrons. The Labute approximate surface area is 504 Å². The SMILES string of the molecule is CC.CCC.CCCCOc1ccc(C/C=C/C(=O)OCCCCCCOc2ccc(OCCCCCCOc3ccc(/C=C/C(=O)OC)cc3OC)cc2C(=O)OCCCCCCCCCCCOC(=O)C(CC)CCC)cc1OC.P. The Morgan fingerprint density at radius 1 is 0.470 bits per heavy atom. The molecule has 3 rings (SSSR count). The van der Waals surface area contributed by atoms with Gasteiger partial charge in [-0.25, -0.2) is 14.4 Å². The van der Waals surface area contributed by atoms with E-state index in [2.05, 4.69) is 32.4 Å².